The van der Waals surface area contributed by atoms with Gasteiger partial charge in [0, 0.05) is 51.2 Å². The van der Waals surface area contributed by atoms with E-state index in [2.05, 4.69) is 31.6 Å². The fourth-order valence-corrected chi connectivity index (χ4v) is 3.24. The van der Waals surface area contributed by atoms with Gasteiger partial charge >= 0.3 is 0 Å². The molecule has 0 radical (unpaired) electrons. The highest BCUT2D eigenvalue weighted by Crippen LogP contribution is 2.28. The van der Waals surface area contributed by atoms with E-state index in [4.69, 9.17) is 9.47 Å². The number of nitrogens with one attached hydrogen (secondary N) is 1. The minimum Gasteiger partial charge on any atom is -0.497 e. The smallest absolute Gasteiger partial charge is 0.238 e. The monoisotopic (exact) mass is 373 g/mol. The number of methoxy groups -OCH3 is 2. The number of aromatic nitrogens is 2. The maximum absolute atomic E-state index is 12.5. The molecule has 3 rings (SSSR count). The van der Waals surface area contributed by atoms with Crippen LogP contribution in [0.1, 0.15) is 6.92 Å². The number of hydrogen-bond donors (Lipinski definition) is 1. The number of amides is 1. The Morgan fingerprint density at radius 2 is 1.96 bits per heavy atom. The van der Waals surface area contributed by atoms with Crippen molar-refractivity contribution in [2.24, 2.45) is 0 Å². The lowest BCUT2D eigenvalue weighted by atomic mass is 10.2. The molecule has 1 aromatic heterocycles. The van der Waals surface area contributed by atoms with Crippen LogP contribution in [-0.4, -0.2) is 67.3 Å². The lowest BCUT2D eigenvalue weighted by molar-refractivity contribution is -0.117. The van der Waals surface area contributed by atoms with Gasteiger partial charge < -0.3 is 24.3 Å². The molecule has 2 heterocycles. The lowest BCUT2D eigenvalue weighted by Crippen LogP contribution is -2.49. The number of benzene rings is 1. The summed E-state index contributed by atoms with van der Waals surface area (Å²) >= 11 is 0. The number of piperazine rings is 1. The van der Waals surface area contributed by atoms with Crippen molar-refractivity contribution < 1.29 is 14.3 Å². The third-order valence-electron chi connectivity index (χ3n) is 4.74. The Labute approximate surface area is 159 Å². The van der Waals surface area contributed by atoms with E-state index in [1.807, 2.05) is 12.4 Å². The average Bonchev–Trinajstić information content (AvgIpc) is 3.17. The number of aryl methyl sites for hydroxylation is 1. The van der Waals surface area contributed by atoms with Crippen LogP contribution in [0.3, 0.4) is 0 Å². The zero-order valence-electron chi connectivity index (χ0n) is 16.1. The van der Waals surface area contributed by atoms with Gasteiger partial charge in [-0.15, -0.1) is 0 Å². The van der Waals surface area contributed by atoms with Crippen LogP contribution >= 0.6 is 0 Å². The standard InChI is InChI=1S/C19H27N5O3/c1-4-23-8-7-20-19(23)24-11-9-22(10-12-24)14-18(25)21-16-13-15(26-2)5-6-17(16)27-3/h5-8,13H,4,9-12,14H2,1-3H3,(H,21,25). The highest BCUT2D eigenvalue weighted by Gasteiger charge is 2.22. The molecule has 1 saturated heterocycles. The average molecular weight is 373 g/mol. The molecule has 1 amide bonds. The van der Waals surface area contributed by atoms with Gasteiger partial charge in [-0.3, -0.25) is 9.69 Å². The third kappa shape index (κ3) is 4.51. The summed E-state index contributed by atoms with van der Waals surface area (Å²) in [5.74, 6) is 2.22. The number of hydrogen-bond acceptors (Lipinski definition) is 6. The summed E-state index contributed by atoms with van der Waals surface area (Å²) in [5, 5.41) is 2.92. The second-order valence-electron chi connectivity index (χ2n) is 6.39. The zero-order chi connectivity index (χ0) is 19.2. The normalized spacial score (nSPS) is 14.9. The van der Waals surface area contributed by atoms with Crippen LogP contribution in [0.5, 0.6) is 11.5 Å². The first-order valence-electron chi connectivity index (χ1n) is 9.15. The number of carbonyl (C=O) groups excluding carboxylic acids is 1. The molecule has 0 unspecified atom stereocenters. The molecule has 1 fully saturated rings. The second-order valence-corrected chi connectivity index (χ2v) is 6.39. The summed E-state index contributed by atoms with van der Waals surface area (Å²) in [6.45, 7) is 6.70. The molecule has 27 heavy (non-hydrogen) atoms. The van der Waals surface area contributed by atoms with Crippen molar-refractivity contribution in [1.29, 1.82) is 0 Å². The van der Waals surface area contributed by atoms with Gasteiger partial charge in [-0.05, 0) is 19.1 Å². The molecule has 1 aliphatic heterocycles. The number of carbonyl (C=O) groups is 1. The third-order valence-corrected chi connectivity index (χ3v) is 4.74. The molecule has 8 nitrogen and oxygen atoms in total. The molecule has 1 aliphatic rings. The number of anilines is 2. The SMILES string of the molecule is CCn1ccnc1N1CCN(CC(=O)Nc2cc(OC)ccc2OC)CC1. The van der Waals surface area contributed by atoms with E-state index in [-0.39, 0.29) is 5.91 Å². The molecule has 0 aliphatic carbocycles. The Bertz CT molecular complexity index is 768. The Balaban J connectivity index is 1.54. The minimum absolute atomic E-state index is 0.0648. The van der Waals surface area contributed by atoms with E-state index in [1.54, 1.807) is 32.4 Å². The van der Waals surface area contributed by atoms with Crippen molar-refractivity contribution in [1.82, 2.24) is 14.5 Å². The summed E-state index contributed by atoms with van der Waals surface area (Å²) in [5.41, 5.74) is 0.616. The van der Waals surface area contributed by atoms with Gasteiger partial charge in [-0.2, -0.15) is 0 Å². The van der Waals surface area contributed by atoms with Crippen molar-refractivity contribution >= 4 is 17.5 Å². The molecule has 0 spiro atoms. The largest absolute Gasteiger partial charge is 0.497 e. The fourth-order valence-electron chi connectivity index (χ4n) is 3.24. The Kier molecular flexibility index (Phi) is 6.18. The van der Waals surface area contributed by atoms with Crippen molar-refractivity contribution in [3.8, 4) is 11.5 Å². The number of ether oxygens (including phenoxy) is 2. The van der Waals surface area contributed by atoms with Gasteiger partial charge in [0.15, 0.2) is 0 Å². The van der Waals surface area contributed by atoms with Crippen molar-refractivity contribution in [3.05, 3.63) is 30.6 Å². The van der Waals surface area contributed by atoms with E-state index >= 15 is 0 Å². The van der Waals surface area contributed by atoms with Gasteiger partial charge in [-0.25, -0.2) is 4.98 Å². The molecule has 0 bridgehead atoms. The predicted octanol–water partition coefficient (Wildman–Crippen LogP) is 1.68. The fraction of sp³-hybridized carbons (Fsp3) is 0.474. The lowest BCUT2D eigenvalue weighted by Gasteiger charge is -2.35. The molecule has 1 N–H and O–H groups in total. The molecular weight excluding hydrogens is 346 g/mol. The van der Waals surface area contributed by atoms with Crippen LogP contribution in [0.2, 0.25) is 0 Å². The maximum Gasteiger partial charge on any atom is 0.238 e. The van der Waals surface area contributed by atoms with Crippen LogP contribution in [0.25, 0.3) is 0 Å². The topological polar surface area (TPSA) is 71.9 Å². The van der Waals surface area contributed by atoms with E-state index in [0.29, 0.717) is 23.7 Å². The molecule has 146 valence electrons. The summed E-state index contributed by atoms with van der Waals surface area (Å²) in [7, 11) is 3.17. The number of rotatable bonds is 7. The summed E-state index contributed by atoms with van der Waals surface area (Å²) < 4.78 is 12.7. The summed E-state index contributed by atoms with van der Waals surface area (Å²) in [4.78, 5) is 21.4. The van der Waals surface area contributed by atoms with Crippen LogP contribution in [0, 0.1) is 0 Å². The quantitative estimate of drug-likeness (QED) is 0.796. The van der Waals surface area contributed by atoms with Crippen LogP contribution in [0.15, 0.2) is 30.6 Å². The minimum atomic E-state index is -0.0648. The van der Waals surface area contributed by atoms with Gasteiger partial charge in [0.1, 0.15) is 11.5 Å². The summed E-state index contributed by atoms with van der Waals surface area (Å²) in [6.07, 6.45) is 3.83. The first-order valence-corrected chi connectivity index (χ1v) is 9.15. The van der Waals surface area contributed by atoms with Gasteiger partial charge in [0.25, 0.3) is 0 Å². The van der Waals surface area contributed by atoms with Crippen molar-refractivity contribution in [2.75, 3.05) is 57.2 Å². The highest BCUT2D eigenvalue weighted by molar-refractivity contribution is 5.94. The number of nitrogens with zero attached hydrogens (tertiary/aromatic N) is 4. The molecule has 8 heteroatoms. The van der Waals surface area contributed by atoms with Gasteiger partial charge in [0.2, 0.25) is 11.9 Å². The highest BCUT2D eigenvalue weighted by atomic mass is 16.5. The summed E-state index contributed by atoms with van der Waals surface area (Å²) in [6, 6.07) is 5.34. The van der Waals surface area contributed by atoms with Crippen LogP contribution in [0.4, 0.5) is 11.6 Å². The number of imidazole rings is 1. The van der Waals surface area contributed by atoms with Gasteiger partial charge in [-0.1, -0.05) is 0 Å². The molecule has 0 atom stereocenters. The van der Waals surface area contributed by atoms with E-state index in [9.17, 15) is 4.79 Å². The first-order chi connectivity index (χ1) is 13.1. The van der Waals surface area contributed by atoms with Gasteiger partial charge in [0.05, 0.1) is 26.5 Å². The second kappa shape index (κ2) is 8.77. The van der Waals surface area contributed by atoms with E-state index in [0.717, 1.165) is 38.7 Å². The Hall–Kier alpha value is -2.74. The first kappa shape index (κ1) is 19.0. The Morgan fingerprint density at radius 3 is 2.63 bits per heavy atom. The Morgan fingerprint density at radius 1 is 1.19 bits per heavy atom. The van der Waals surface area contributed by atoms with Crippen molar-refractivity contribution in [3.63, 3.8) is 0 Å². The molecule has 2 aromatic rings. The zero-order valence-corrected chi connectivity index (χ0v) is 16.1. The molecule has 0 saturated carbocycles. The predicted molar refractivity (Wildman–Crippen MR) is 105 cm³/mol. The van der Waals surface area contributed by atoms with Crippen LogP contribution in [-0.2, 0) is 11.3 Å². The molecule has 1 aromatic carbocycles. The van der Waals surface area contributed by atoms with Crippen LogP contribution < -0.4 is 19.7 Å². The molecular formula is C19H27N5O3. The van der Waals surface area contributed by atoms with E-state index in [1.165, 1.54) is 0 Å². The maximum atomic E-state index is 12.5. The van der Waals surface area contributed by atoms with E-state index < -0.39 is 0 Å². The van der Waals surface area contributed by atoms with Crippen molar-refractivity contribution in [2.45, 2.75) is 13.5 Å².